The molecule has 0 aromatic carbocycles. The molecule has 0 aromatic rings. The van der Waals surface area contributed by atoms with E-state index in [-0.39, 0.29) is 0 Å². The molecule has 6 heteroatoms. The summed E-state index contributed by atoms with van der Waals surface area (Å²) in [5, 5.41) is 37.7. The minimum atomic E-state index is -1.77. The average Bonchev–Trinajstić information content (AvgIpc) is 2.08. The van der Waals surface area contributed by atoms with Gasteiger partial charge in [0.15, 0.2) is 0 Å². The van der Waals surface area contributed by atoms with Gasteiger partial charge in [-0.25, -0.2) is 4.39 Å². The number of aliphatic hydroxyl groups is 4. The van der Waals surface area contributed by atoms with E-state index in [4.69, 9.17) is 20.4 Å². The van der Waals surface area contributed by atoms with Crippen LogP contribution in [0.4, 0.5) is 4.39 Å². The minimum Gasteiger partial charge on any atom is -0.395 e. The van der Waals surface area contributed by atoms with E-state index in [1.165, 1.54) is 0 Å². The lowest BCUT2D eigenvalue weighted by Crippen LogP contribution is -2.64. The van der Waals surface area contributed by atoms with E-state index in [0.29, 0.717) is 0 Å². The van der Waals surface area contributed by atoms with Crippen LogP contribution in [0.5, 0.6) is 0 Å². The van der Waals surface area contributed by atoms with E-state index in [9.17, 15) is 4.39 Å². The second-order valence-corrected chi connectivity index (χ2v) is 2.83. The molecule has 1 heterocycles. The van der Waals surface area contributed by atoms with Crippen LogP contribution in [-0.2, 0) is 0 Å². The molecule has 0 bridgehead atoms. The Balaban J connectivity index is 2.63. The summed E-state index contributed by atoms with van der Waals surface area (Å²) in [6.45, 7) is -0.540. The van der Waals surface area contributed by atoms with E-state index in [1.807, 2.05) is 0 Å². The van der Waals surface area contributed by atoms with Crippen LogP contribution in [0.1, 0.15) is 0 Å². The summed E-state index contributed by atoms with van der Waals surface area (Å²) < 4.78 is 12.9. The van der Waals surface area contributed by atoms with E-state index in [0.717, 1.165) is 0 Å². The van der Waals surface area contributed by atoms with Crippen molar-refractivity contribution in [1.29, 1.82) is 0 Å². The van der Waals surface area contributed by atoms with Crippen LogP contribution in [0.15, 0.2) is 0 Å². The summed E-state index contributed by atoms with van der Waals surface area (Å²) >= 11 is 0. The molecule has 0 radical (unpaired) electrons. The first-order chi connectivity index (χ1) is 5.57. The first-order valence-corrected chi connectivity index (χ1v) is 3.63. The Morgan fingerprint density at radius 2 is 1.75 bits per heavy atom. The molecule has 0 aliphatic carbocycles. The normalized spacial score (nSPS) is 49.2. The Labute approximate surface area is 68.5 Å². The van der Waals surface area contributed by atoms with Gasteiger partial charge in [0.2, 0.25) is 0 Å². The lowest BCUT2D eigenvalue weighted by molar-refractivity contribution is -0.142. The highest BCUT2D eigenvalue weighted by molar-refractivity contribution is 4.94. The van der Waals surface area contributed by atoms with Crippen molar-refractivity contribution >= 4 is 0 Å². The number of rotatable bonds is 1. The van der Waals surface area contributed by atoms with E-state index >= 15 is 0 Å². The number of halogens is 1. The quantitative estimate of drug-likeness (QED) is 0.304. The molecule has 1 aliphatic heterocycles. The van der Waals surface area contributed by atoms with Crippen molar-refractivity contribution in [2.75, 3.05) is 6.61 Å². The monoisotopic (exact) mass is 181 g/mol. The topological polar surface area (TPSA) is 93.0 Å². The van der Waals surface area contributed by atoms with Crippen molar-refractivity contribution in [3.63, 3.8) is 0 Å². The summed E-state index contributed by atoms with van der Waals surface area (Å²) in [7, 11) is 0. The molecule has 0 aromatic heterocycles. The van der Waals surface area contributed by atoms with Crippen LogP contribution in [0, 0.1) is 0 Å². The van der Waals surface area contributed by atoms with E-state index < -0.39 is 37.3 Å². The zero-order valence-corrected chi connectivity index (χ0v) is 6.26. The molecule has 1 aliphatic rings. The van der Waals surface area contributed by atoms with Gasteiger partial charge in [0, 0.05) is 0 Å². The molecule has 5 nitrogen and oxygen atoms in total. The maximum Gasteiger partial charge on any atom is 0.146 e. The summed E-state index contributed by atoms with van der Waals surface area (Å²) in [4.78, 5) is 0. The number of hydrogen-bond acceptors (Lipinski definition) is 5. The largest absolute Gasteiger partial charge is 0.395 e. The number of nitrogens with one attached hydrogen (secondary N) is 1. The van der Waals surface area contributed by atoms with Gasteiger partial charge in [0.1, 0.15) is 24.6 Å². The number of hydrogen-bond donors (Lipinski definition) is 5. The second kappa shape index (κ2) is 3.63. The molecule has 1 saturated heterocycles. The van der Waals surface area contributed by atoms with Crippen LogP contribution in [0.2, 0.25) is 0 Å². The molecule has 1 fully saturated rings. The molecule has 2 unspecified atom stereocenters. The van der Waals surface area contributed by atoms with Crippen LogP contribution in [-0.4, -0.2) is 57.7 Å². The lowest BCUT2D eigenvalue weighted by atomic mass is 9.96. The van der Waals surface area contributed by atoms with Gasteiger partial charge >= 0.3 is 0 Å². The van der Waals surface area contributed by atoms with Crippen LogP contribution in [0.3, 0.4) is 0 Å². The van der Waals surface area contributed by atoms with Gasteiger partial charge in [0.05, 0.1) is 12.6 Å². The first-order valence-electron chi connectivity index (χ1n) is 3.63. The van der Waals surface area contributed by atoms with Gasteiger partial charge < -0.3 is 20.4 Å². The third kappa shape index (κ3) is 1.57. The maximum absolute atomic E-state index is 12.9. The second-order valence-electron chi connectivity index (χ2n) is 2.83. The molecular formula is C6H12FNO4. The highest BCUT2D eigenvalue weighted by atomic mass is 19.1. The van der Waals surface area contributed by atoms with Crippen molar-refractivity contribution < 1.29 is 24.8 Å². The maximum atomic E-state index is 12.9. The van der Waals surface area contributed by atoms with Gasteiger partial charge in [-0.3, -0.25) is 5.32 Å². The Hall–Kier alpha value is -0.270. The lowest BCUT2D eigenvalue weighted by Gasteiger charge is -2.37. The molecule has 5 N–H and O–H groups in total. The number of piperidine rings is 1. The standard InChI is InChI=1S/C6H12FNO4/c7-3-2(1-9)8-6(12)5(11)4(3)10/h2-6,8-12H,1H2/t2-,3?,4+,5-,6?/m1/s1. The van der Waals surface area contributed by atoms with Gasteiger partial charge in [-0.15, -0.1) is 0 Å². The first kappa shape index (κ1) is 9.82. The highest BCUT2D eigenvalue weighted by Gasteiger charge is 2.42. The Morgan fingerprint density at radius 1 is 1.17 bits per heavy atom. The predicted molar refractivity (Wildman–Crippen MR) is 36.9 cm³/mol. The smallest absolute Gasteiger partial charge is 0.146 e. The van der Waals surface area contributed by atoms with Crippen molar-refractivity contribution in [2.45, 2.75) is 30.6 Å². The van der Waals surface area contributed by atoms with E-state index in [1.54, 1.807) is 0 Å². The van der Waals surface area contributed by atoms with Crippen LogP contribution in [0.25, 0.3) is 0 Å². The third-order valence-electron chi connectivity index (χ3n) is 1.97. The summed E-state index contributed by atoms with van der Waals surface area (Å²) in [5.41, 5.74) is 0. The minimum absolute atomic E-state index is 0.540. The van der Waals surface area contributed by atoms with Crippen molar-refractivity contribution in [3.8, 4) is 0 Å². The molecule has 12 heavy (non-hydrogen) atoms. The molecule has 1 rings (SSSR count). The summed E-state index contributed by atoms with van der Waals surface area (Å²) in [6.07, 6.45) is -6.38. The van der Waals surface area contributed by atoms with Gasteiger partial charge in [-0.1, -0.05) is 0 Å². The summed E-state index contributed by atoms with van der Waals surface area (Å²) in [6, 6.07) is -1.03. The SMILES string of the molecule is OC[C@H]1NC(O)[C@H](O)[C@@H](O)C1F. The fourth-order valence-corrected chi connectivity index (χ4v) is 1.18. The third-order valence-corrected chi connectivity index (χ3v) is 1.97. The number of alkyl halides is 1. The Morgan fingerprint density at radius 3 is 2.25 bits per heavy atom. The van der Waals surface area contributed by atoms with Crippen molar-refractivity contribution in [1.82, 2.24) is 5.32 Å². The molecule has 5 atom stereocenters. The average molecular weight is 181 g/mol. The molecule has 0 amide bonds. The molecule has 72 valence electrons. The molecular weight excluding hydrogens is 169 g/mol. The van der Waals surface area contributed by atoms with Gasteiger partial charge in [-0.05, 0) is 0 Å². The van der Waals surface area contributed by atoms with Gasteiger partial charge in [-0.2, -0.15) is 0 Å². The summed E-state index contributed by atoms with van der Waals surface area (Å²) in [5.74, 6) is 0. The fraction of sp³-hybridized carbons (Fsp3) is 1.00. The van der Waals surface area contributed by atoms with Gasteiger partial charge in [0.25, 0.3) is 0 Å². The Bertz CT molecular complexity index is 154. The predicted octanol–water partition coefficient (Wildman–Crippen LogP) is -2.67. The zero-order valence-electron chi connectivity index (χ0n) is 6.26. The van der Waals surface area contributed by atoms with E-state index in [2.05, 4.69) is 5.32 Å². The molecule has 0 saturated carbocycles. The zero-order chi connectivity index (χ0) is 9.30. The van der Waals surface area contributed by atoms with Crippen LogP contribution >= 0.6 is 0 Å². The fourth-order valence-electron chi connectivity index (χ4n) is 1.18. The van der Waals surface area contributed by atoms with Crippen molar-refractivity contribution in [2.24, 2.45) is 0 Å². The highest BCUT2D eigenvalue weighted by Crippen LogP contribution is 2.16. The molecule has 0 spiro atoms. The van der Waals surface area contributed by atoms with Crippen LogP contribution < -0.4 is 5.32 Å². The number of aliphatic hydroxyl groups excluding tert-OH is 4. The van der Waals surface area contributed by atoms with Crippen molar-refractivity contribution in [3.05, 3.63) is 0 Å². The Kier molecular flexibility index (Phi) is 2.97.